The van der Waals surface area contributed by atoms with E-state index in [9.17, 15) is 13.5 Å². The number of sulfonamides is 1. The van der Waals surface area contributed by atoms with Crippen LogP contribution in [0, 0.1) is 0 Å². The van der Waals surface area contributed by atoms with E-state index in [4.69, 9.17) is 0 Å². The van der Waals surface area contributed by atoms with Crippen molar-refractivity contribution < 1.29 is 13.5 Å². The van der Waals surface area contributed by atoms with Crippen LogP contribution in [0.4, 0.5) is 0 Å². The number of hydrogen-bond acceptors (Lipinski definition) is 3. The summed E-state index contributed by atoms with van der Waals surface area (Å²) in [5.41, 5.74) is -0.278. The largest absolute Gasteiger partial charge is 0.386 e. The van der Waals surface area contributed by atoms with Crippen molar-refractivity contribution in [2.45, 2.75) is 24.3 Å². The first kappa shape index (κ1) is 12.2. The Hall–Kier alpha value is -0.910. The molecular weight excluding hydrogens is 214 g/mol. The van der Waals surface area contributed by atoms with Crippen molar-refractivity contribution in [3.05, 3.63) is 29.8 Å². The van der Waals surface area contributed by atoms with Crippen molar-refractivity contribution in [3.63, 3.8) is 0 Å². The lowest BCUT2D eigenvalue weighted by Gasteiger charge is -2.17. The molecule has 0 aliphatic heterocycles. The highest BCUT2D eigenvalue weighted by Gasteiger charge is 2.17. The lowest BCUT2D eigenvalue weighted by Crippen LogP contribution is -2.19. The summed E-state index contributed by atoms with van der Waals surface area (Å²) >= 11 is 0. The summed E-state index contributed by atoms with van der Waals surface area (Å²) in [6, 6.07) is 6.15. The molecule has 5 heteroatoms. The molecule has 0 saturated heterocycles. The second-order valence-corrected chi connectivity index (χ2v) is 5.68. The first-order valence-electron chi connectivity index (χ1n) is 4.54. The van der Waals surface area contributed by atoms with Gasteiger partial charge in [0.25, 0.3) is 0 Å². The maximum absolute atomic E-state index is 11.4. The summed E-state index contributed by atoms with van der Waals surface area (Å²) in [6.45, 7) is 3.29. The van der Waals surface area contributed by atoms with Crippen LogP contribution in [0.3, 0.4) is 0 Å². The van der Waals surface area contributed by atoms with Gasteiger partial charge in [0.2, 0.25) is 10.0 Å². The summed E-state index contributed by atoms with van der Waals surface area (Å²) in [7, 11) is -2.03. The summed E-state index contributed by atoms with van der Waals surface area (Å²) in [6.07, 6.45) is 0. The molecule has 2 N–H and O–H groups in total. The first-order valence-corrected chi connectivity index (χ1v) is 6.02. The second kappa shape index (κ2) is 3.92. The predicted octanol–water partition coefficient (Wildman–Crippen LogP) is 0.822. The van der Waals surface area contributed by atoms with Crippen LogP contribution in [-0.2, 0) is 15.6 Å². The smallest absolute Gasteiger partial charge is 0.240 e. The van der Waals surface area contributed by atoms with Gasteiger partial charge >= 0.3 is 0 Å². The van der Waals surface area contributed by atoms with Gasteiger partial charge in [-0.25, -0.2) is 13.1 Å². The second-order valence-electron chi connectivity index (χ2n) is 3.79. The third-order valence-electron chi connectivity index (χ3n) is 2.14. The van der Waals surface area contributed by atoms with E-state index >= 15 is 0 Å². The van der Waals surface area contributed by atoms with Gasteiger partial charge in [-0.05, 0) is 38.6 Å². The van der Waals surface area contributed by atoms with Gasteiger partial charge in [0.05, 0.1) is 10.5 Å². The Kier molecular flexibility index (Phi) is 3.18. The van der Waals surface area contributed by atoms with Crippen LogP contribution >= 0.6 is 0 Å². The number of aliphatic hydroxyl groups is 1. The van der Waals surface area contributed by atoms with Gasteiger partial charge in [-0.15, -0.1) is 0 Å². The van der Waals surface area contributed by atoms with Gasteiger partial charge in [0, 0.05) is 0 Å². The fourth-order valence-electron chi connectivity index (χ4n) is 1.16. The Morgan fingerprint density at radius 3 is 2.00 bits per heavy atom. The Morgan fingerprint density at radius 1 is 1.20 bits per heavy atom. The van der Waals surface area contributed by atoms with Gasteiger partial charge in [0.15, 0.2) is 0 Å². The molecule has 0 heterocycles. The Labute approximate surface area is 90.0 Å². The molecule has 0 aliphatic carbocycles. The third-order valence-corrected chi connectivity index (χ3v) is 3.57. The molecule has 84 valence electrons. The summed E-state index contributed by atoms with van der Waals surface area (Å²) < 4.78 is 25.0. The molecule has 0 atom stereocenters. The molecule has 0 saturated carbocycles. The van der Waals surface area contributed by atoms with Crippen molar-refractivity contribution >= 4 is 10.0 Å². The predicted molar refractivity (Wildman–Crippen MR) is 57.9 cm³/mol. The van der Waals surface area contributed by atoms with Gasteiger partial charge in [-0.3, -0.25) is 0 Å². The minimum atomic E-state index is -3.39. The fraction of sp³-hybridized carbons (Fsp3) is 0.400. The molecule has 0 bridgehead atoms. The van der Waals surface area contributed by atoms with Crippen molar-refractivity contribution in [2.24, 2.45) is 0 Å². The SMILES string of the molecule is CNS(=O)(=O)c1ccc(C(C)(C)O)cc1. The minimum absolute atomic E-state index is 0.193. The number of rotatable bonds is 3. The Morgan fingerprint density at radius 2 is 1.67 bits per heavy atom. The van der Waals surface area contributed by atoms with Crippen LogP contribution in [0.5, 0.6) is 0 Å². The summed E-state index contributed by atoms with van der Waals surface area (Å²) in [5.74, 6) is 0. The van der Waals surface area contributed by atoms with Crippen LogP contribution in [0.2, 0.25) is 0 Å². The molecule has 1 aromatic rings. The molecule has 0 radical (unpaired) electrons. The summed E-state index contributed by atoms with van der Waals surface area (Å²) in [5, 5.41) is 9.67. The van der Waals surface area contributed by atoms with Gasteiger partial charge in [-0.2, -0.15) is 0 Å². The van der Waals surface area contributed by atoms with E-state index in [-0.39, 0.29) is 4.90 Å². The molecule has 0 fully saturated rings. The van der Waals surface area contributed by atoms with E-state index in [1.807, 2.05) is 0 Å². The first-order chi connectivity index (χ1) is 6.77. The average Bonchev–Trinajstić information content (AvgIpc) is 2.17. The topological polar surface area (TPSA) is 66.4 Å². The lowest BCUT2D eigenvalue weighted by atomic mass is 9.99. The zero-order valence-corrected chi connectivity index (χ0v) is 9.80. The van der Waals surface area contributed by atoms with Gasteiger partial charge in [0.1, 0.15) is 0 Å². The van der Waals surface area contributed by atoms with E-state index in [0.29, 0.717) is 5.56 Å². The standard InChI is InChI=1S/C10H15NO3S/c1-10(2,12)8-4-6-9(7-5-8)15(13,14)11-3/h4-7,11-12H,1-3H3. The van der Waals surface area contributed by atoms with Gasteiger partial charge in [-0.1, -0.05) is 12.1 Å². The minimum Gasteiger partial charge on any atom is -0.386 e. The maximum Gasteiger partial charge on any atom is 0.240 e. The van der Waals surface area contributed by atoms with Crippen LogP contribution in [0.25, 0.3) is 0 Å². The van der Waals surface area contributed by atoms with Crippen molar-refractivity contribution in [2.75, 3.05) is 7.05 Å². The van der Waals surface area contributed by atoms with Crippen molar-refractivity contribution in [3.8, 4) is 0 Å². The molecule has 0 aromatic heterocycles. The molecule has 0 spiro atoms. The van der Waals surface area contributed by atoms with E-state index < -0.39 is 15.6 Å². The number of hydrogen-bond donors (Lipinski definition) is 2. The van der Waals surface area contributed by atoms with Crippen LogP contribution in [-0.4, -0.2) is 20.6 Å². The van der Waals surface area contributed by atoms with E-state index in [2.05, 4.69) is 4.72 Å². The van der Waals surface area contributed by atoms with E-state index in [0.717, 1.165) is 0 Å². The normalized spacial score (nSPS) is 12.8. The molecular formula is C10H15NO3S. The molecule has 15 heavy (non-hydrogen) atoms. The van der Waals surface area contributed by atoms with E-state index in [1.165, 1.54) is 19.2 Å². The molecule has 0 aliphatic rings. The quantitative estimate of drug-likeness (QED) is 0.806. The van der Waals surface area contributed by atoms with Crippen molar-refractivity contribution in [1.29, 1.82) is 0 Å². The highest BCUT2D eigenvalue weighted by Crippen LogP contribution is 2.20. The van der Waals surface area contributed by atoms with Crippen molar-refractivity contribution in [1.82, 2.24) is 4.72 Å². The molecule has 0 unspecified atom stereocenters. The molecule has 0 amide bonds. The highest BCUT2D eigenvalue weighted by atomic mass is 32.2. The average molecular weight is 229 g/mol. The highest BCUT2D eigenvalue weighted by molar-refractivity contribution is 7.89. The maximum atomic E-state index is 11.4. The monoisotopic (exact) mass is 229 g/mol. The third kappa shape index (κ3) is 2.77. The van der Waals surface area contributed by atoms with Crippen LogP contribution in [0.1, 0.15) is 19.4 Å². The van der Waals surface area contributed by atoms with Gasteiger partial charge < -0.3 is 5.11 Å². The lowest BCUT2D eigenvalue weighted by molar-refractivity contribution is 0.0785. The van der Waals surface area contributed by atoms with E-state index in [1.54, 1.807) is 26.0 Å². The molecule has 1 aromatic carbocycles. The zero-order valence-electron chi connectivity index (χ0n) is 8.98. The number of benzene rings is 1. The molecule has 4 nitrogen and oxygen atoms in total. The number of nitrogens with one attached hydrogen (secondary N) is 1. The Bertz CT molecular complexity index is 429. The Balaban J connectivity index is 3.12. The molecule has 1 rings (SSSR count). The fourth-order valence-corrected chi connectivity index (χ4v) is 1.89. The van der Waals surface area contributed by atoms with Crippen LogP contribution < -0.4 is 4.72 Å². The van der Waals surface area contributed by atoms with Crippen LogP contribution in [0.15, 0.2) is 29.2 Å². The summed E-state index contributed by atoms with van der Waals surface area (Å²) in [4.78, 5) is 0.193. The zero-order chi connectivity index (χ0) is 11.7.